The molecular weight excluding hydrogens is 309 g/mol. The molecule has 0 aliphatic rings. The van der Waals surface area contributed by atoms with Gasteiger partial charge in [0.2, 0.25) is 5.88 Å². The van der Waals surface area contributed by atoms with Gasteiger partial charge in [-0.25, -0.2) is 0 Å². The van der Waals surface area contributed by atoms with Gasteiger partial charge in [0.25, 0.3) is 0 Å². The molecule has 112 valence electrons. The van der Waals surface area contributed by atoms with Crippen molar-refractivity contribution in [3.63, 3.8) is 0 Å². The fourth-order valence-corrected chi connectivity index (χ4v) is 2.48. The highest BCUT2D eigenvalue weighted by atomic mass is 35.5. The Kier molecular flexibility index (Phi) is 5.79. The van der Waals surface area contributed by atoms with Crippen molar-refractivity contribution in [1.29, 1.82) is 0 Å². The van der Waals surface area contributed by atoms with Gasteiger partial charge in [0.05, 0.1) is 28.9 Å². The molecule has 21 heavy (non-hydrogen) atoms. The number of ether oxygens (including phenoxy) is 1. The Labute approximate surface area is 134 Å². The second kappa shape index (κ2) is 7.59. The smallest absolute Gasteiger partial charge is 0.233 e. The molecule has 6 heteroatoms. The number of hydrogen-bond acceptors (Lipinski definition) is 4. The lowest BCUT2D eigenvalue weighted by Gasteiger charge is -2.18. The molecule has 0 saturated heterocycles. The normalized spacial score (nSPS) is 12.2. The molecule has 2 aromatic rings. The lowest BCUT2D eigenvalue weighted by atomic mass is 10.0. The lowest BCUT2D eigenvalue weighted by Crippen LogP contribution is -2.24. The molecular formula is C15H17Cl2N3O. The van der Waals surface area contributed by atoms with Crippen molar-refractivity contribution in [3.8, 4) is 5.88 Å². The molecule has 0 aliphatic carbocycles. The summed E-state index contributed by atoms with van der Waals surface area (Å²) in [5.74, 6) is 0.495. The van der Waals surface area contributed by atoms with Crippen LogP contribution in [0.2, 0.25) is 10.0 Å². The number of likely N-dealkylation sites (N-methyl/N-ethyl adjacent to an activating group) is 1. The van der Waals surface area contributed by atoms with Crippen LogP contribution in [0.15, 0.2) is 30.3 Å². The van der Waals surface area contributed by atoms with E-state index in [2.05, 4.69) is 15.5 Å². The second-order valence-corrected chi connectivity index (χ2v) is 5.31. The number of hydrogen-bond donors (Lipinski definition) is 1. The summed E-state index contributed by atoms with van der Waals surface area (Å²) in [6.45, 7) is 2.86. The van der Waals surface area contributed by atoms with Gasteiger partial charge in [0.15, 0.2) is 0 Å². The first-order chi connectivity index (χ1) is 10.2. The maximum absolute atomic E-state index is 6.26. The minimum atomic E-state index is 0.0179. The van der Waals surface area contributed by atoms with E-state index in [-0.39, 0.29) is 6.04 Å². The van der Waals surface area contributed by atoms with E-state index in [0.29, 0.717) is 22.3 Å². The summed E-state index contributed by atoms with van der Waals surface area (Å²) in [5.41, 5.74) is 1.82. The second-order valence-electron chi connectivity index (χ2n) is 4.53. The molecule has 0 aliphatic heterocycles. The monoisotopic (exact) mass is 325 g/mol. The van der Waals surface area contributed by atoms with Gasteiger partial charge in [-0.1, -0.05) is 42.3 Å². The third-order valence-corrected chi connectivity index (χ3v) is 3.99. The van der Waals surface area contributed by atoms with E-state index in [4.69, 9.17) is 27.9 Å². The van der Waals surface area contributed by atoms with Gasteiger partial charge in [-0.2, -0.15) is 5.10 Å². The number of aromatic nitrogens is 2. The average molecular weight is 326 g/mol. The maximum Gasteiger partial charge on any atom is 0.233 e. The van der Waals surface area contributed by atoms with Gasteiger partial charge >= 0.3 is 0 Å². The summed E-state index contributed by atoms with van der Waals surface area (Å²) in [6.07, 6.45) is 0.689. The van der Waals surface area contributed by atoms with Crippen molar-refractivity contribution in [2.45, 2.75) is 19.4 Å². The zero-order chi connectivity index (χ0) is 15.2. The van der Waals surface area contributed by atoms with E-state index in [1.807, 2.05) is 25.1 Å². The minimum absolute atomic E-state index is 0.0179. The summed E-state index contributed by atoms with van der Waals surface area (Å²) in [7, 11) is 1.57. The highest BCUT2D eigenvalue weighted by Crippen LogP contribution is 2.29. The van der Waals surface area contributed by atoms with Gasteiger partial charge in [0, 0.05) is 6.07 Å². The fourth-order valence-electron chi connectivity index (χ4n) is 2.08. The molecule has 0 spiro atoms. The summed E-state index contributed by atoms with van der Waals surface area (Å²) in [5, 5.41) is 12.7. The molecule has 2 rings (SSSR count). The van der Waals surface area contributed by atoms with E-state index in [1.54, 1.807) is 19.2 Å². The number of benzene rings is 1. The van der Waals surface area contributed by atoms with E-state index in [0.717, 1.165) is 17.8 Å². The van der Waals surface area contributed by atoms with Crippen molar-refractivity contribution in [3.05, 3.63) is 51.6 Å². The van der Waals surface area contributed by atoms with Crippen LogP contribution in [-0.2, 0) is 6.42 Å². The van der Waals surface area contributed by atoms with Crippen LogP contribution in [0, 0.1) is 0 Å². The minimum Gasteiger partial charge on any atom is -0.480 e. The number of methoxy groups -OCH3 is 1. The molecule has 0 saturated carbocycles. The molecule has 0 amide bonds. The van der Waals surface area contributed by atoms with Crippen LogP contribution in [0.5, 0.6) is 5.88 Å². The molecule has 1 aromatic carbocycles. The quantitative estimate of drug-likeness (QED) is 0.879. The zero-order valence-electron chi connectivity index (χ0n) is 11.9. The molecule has 1 N–H and O–H groups in total. The maximum atomic E-state index is 6.26. The Morgan fingerprint density at radius 3 is 2.62 bits per heavy atom. The standard InChI is InChI=1S/C15H17Cl2N3O/c1-3-18-13(12-7-8-14(21-2)20-19-12)9-10-5-4-6-11(16)15(10)17/h4-8,13,18H,3,9H2,1-2H3. The van der Waals surface area contributed by atoms with Crippen LogP contribution < -0.4 is 10.1 Å². The van der Waals surface area contributed by atoms with Gasteiger partial charge in [-0.3, -0.25) is 0 Å². The van der Waals surface area contributed by atoms with Gasteiger partial charge < -0.3 is 10.1 Å². The van der Waals surface area contributed by atoms with Crippen LogP contribution in [-0.4, -0.2) is 23.9 Å². The van der Waals surface area contributed by atoms with Gasteiger partial charge in [-0.15, -0.1) is 5.10 Å². The molecule has 0 fully saturated rings. The SMILES string of the molecule is CCNC(Cc1cccc(Cl)c1Cl)c1ccc(OC)nn1. The molecule has 1 atom stereocenters. The number of rotatable bonds is 6. The first-order valence-electron chi connectivity index (χ1n) is 6.69. The fraction of sp³-hybridized carbons (Fsp3) is 0.333. The van der Waals surface area contributed by atoms with Crippen molar-refractivity contribution in [1.82, 2.24) is 15.5 Å². The summed E-state index contributed by atoms with van der Waals surface area (Å²) in [4.78, 5) is 0. The summed E-state index contributed by atoms with van der Waals surface area (Å²) < 4.78 is 5.03. The van der Waals surface area contributed by atoms with Gasteiger partial charge in [0.1, 0.15) is 0 Å². The Balaban J connectivity index is 2.23. The Morgan fingerprint density at radius 2 is 2.00 bits per heavy atom. The number of halogens is 2. The first-order valence-corrected chi connectivity index (χ1v) is 7.45. The number of nitrogens with zero attached hydrogens (tertiary/aromatic N) is 2. The van der Waals surface area contributed by atoms with Crippen molar-refractivity contribution in [2.75, 3.05) is 13.7 Å². The van der Waals surface area contributed by atoms with Crippen molar-refractivity contribution < 1.29 is 4.74 Å². The summed E-state index contributed by atoms with van der Waals surface area (Å²) >= 11 is 12.3. The highest BCUT2D eigenvalue weighted by Gasteiger charge is 2.16. The third-order valence-electron chi connectivity index (χ3n) is 3.13. The van der Waals surface area contributed by atoms with E-state index in [9.17, 15) is 0 Å². The van der Waals surface area contributed by atoms with E-state index in [1.165, 1.54) is 0 Å². The van der Waals surface area contributed by atoms with Crippen LogP contribution in [0.1, 0.15) is 24.2 Å². The van der Waals surface area contributed by atoms with E-state index < -0.39 is 0 Å². The predicted molar refractivity (Wildman–Crippen MR) is 85.2 cm³/mol. The molecule has 4 nitrogen and oxygen atoms in total. The van der Waals surface area contributed by atoms with Crippen LogP contribution >= 0.6 is 23.2 Å². The molecule has 0 bridgehead atoms. The largest absolute Gasteiger partial charge is 0.480 e. The molecule has 1 heterocycles. The molecule has 1 aromatic heterocycles. The van der Waals surface area contributed by atoms with E-state index >= 15 is 0 Å². The topological polar surface area (TPSA) is 47.0 Å². The molecule has 0 radical (unpaired) electrons. The van der Waals surface area contributed by atoms with Crippen molar-refractivity contribution in [2.24, 2.45) is 0 Å². The zero-order valence-corrected chi connectivity index (χ0v) is 13.4. The van der Waals surface area contributed by atoms with Crippen LogP contribution in [0.25, 0.3) is 0 Å². The van der Waals surface area contributed by atoms with Crippen molar-refractivity contribution >= 4 is 23.2 Å². The first kappa shape index (κ1) is 16.0. The Hall–Kier alpha value is -1.36. The summed E-state index contributed by atoms with van der Waals surface area (Å²) in [6, 6.07) is 9.36. The lowest BCUT2D eigenvalue weighted by molar-refractivity contribution is 0.389. The third kappa shape index (κ3) is 4.06. The number of nitrogens with one attached hydrogen (secondary N) is 1. The average Bonchev–Trinajstić information content (AvgIpc) is 2.51. The van der Waals surface area contributed by atoms with Crippen LogP contribution in [0.4, 0.5) is 0 Å². The predicted octanol–water partition coefficient (Wildman–Crippen LogP) is 3.69. The van der Waals surface area contributed by atoms with Gasteiger partial charge in [-0.05, 0) is 30.7 Å². The highest BCUT2D eigenvalue weighted by molar-refractivity contribution is 6.42. The molecule has 1 unspecified atom stereocenters. The Morgan fingerprint density at radius 1 is 1.19 bits per heavy atom. The van der Waals surface area contributed by atoms with Crippen LogP contribution in [0.3, 0.4) is 0 Å². The Bertz CT molecular complexity index is 590.